The number of hydrogen-bond acceptors (Lipinski definition) is 4. The molecule has 1 atom stereocenters. The maximum Gasteiger partial charge on any atom is 0.274 e. The molecular weight excluding hydrogens is 308 g/mol. The van der Waals surface area contributed by atoms with Crippen LogP contribution in [0.25, 0.3) is 0 Å². The van der Waals surface area contributed by atoms with Crippen LogP contribution in [-0.2, 0) is 6.54 Å². The number of aryl methyl sites for hydroxylation is 1. The number of carbonyl (C=O) groups is 1. The molecule has 1 amide bonds. The Kier molecular flexibility index (Phi) is 3.46. The van der Waals surface area contributed by atoms with Crippen LogP contribution in [0, 0.1) is 6.92 Å². The van der Waals surface area contributed by atoms with Crippen LogP contribution in [0.3, 0.4) is 0 Å². The van der Waals surface area contributed by atoms with Crippen molar-refractivity contribution < 1.29 is 4.79 Å². The standard InChI is InChI=1S/C17H16N4OS/c1-12-19-14(11-23-12)17(22)21-9-8-20-7-3-5-15(20)16(21)13-4-2-6-18-10-13/h2-7,10-11,16H,8-9H2,1H3. The number of pyridine rings is 1. The minimum Gasteiger partial charge on any atom is -0.348 e. The molecule has 0 aromatic carbocycles. The maximum atomic E-state index is 13.0. The smallest absolute Gasteiger partial charge is 0.274 e. The molecule has 116 valence electrons. The molecular formula is C17H16N4OS. The van der Waals surface area contributed by atoms with Gasteiger partial charge in [-0.1, -0.05) is 6.07 Å². The molecule has 4 rings (SSSR count). The largest absolute Gasteiger partial charge is 0.348 e. The molecule has 1 aliphatic heterocycles. The summed E-state index contributed by atoms with van der Waals surface area (Å²) in [5.41, 5.74) is 2.67. The molecule has 0 aliphatic carbocycles. The van der Waals surface area contributed by atoms with E-state index >= 15 is 0 Å². The summed E-state index contributed by atoms with van der Waals surface area (Å²) in [5, 5.41) is 2.75. The van der Waals surface area contributed by atoms with Crippen molar-refractivity contribution >= 4 is 17.2 Å². The third-order valence-corrected chi connectivity index (χ3v) is 4.91. The zero-order valence-electron chi connectivity index (χ0n) is 12.7. The van der Waals surface area contributed by atoms with E-state index in [1.807, 2.05) is 41.6 Å². The number of nitrogens with zero attached hydrogens (tertiary/aromatic N) is 4. The summed E-state index contributed by atoms with van der Waals surface area (Å²) in [6.07, 6.45) is 5.65. The van der Waals surface area contributed by atoms with Gasteiger partial charge in [-0.05, 0) is 30.7 Å². The first-order valence-electron chi connectivity index (χ1n) is 7.52. The van der Waals surface area contributed by atoms with E-state index in [2.05, 4.69) is 26.8 Å². The highest BCUT2D eigenvalue weighted by Crippen LogP contribution is 2.33. The molecule has 0 N–H and O–H groups in total. The van der Waals surface area contributed by atoms with E-state index in [9.17, 15) is 4.79 Å². The Labute approximate surface area is 138 Å². The van der Waals surface area contributed by atoms with Crippen LogP contribution in [0.2, 0.25) is 0 Å². The van der Waals surface area contributed by atoms with Gasteiger partial charge in [0.2, 0.25) is 0 Å². The summed E-state index contributed by atoms with van der Waals surface area (Å²) >= 11 is 1.50. The first-order chi connectivity index (χ1) is 11.2. The number of rotatable bonds is 2. The topological polar surface area (TPSA) is 51.0 Å². The molecule has 0 radical (unpaired) electrons. The molecule has 5 nitrogen and oxygen atoms in total. The van der Waals surface area contributed by atoms with Crippen molar-refractivity contribution in [1.29, 1.82) is 0 Å². The molecule has 6 heteroatoms. The summed E-state index contributed by atoms with van der Waals surface area (Å²) in [6.45, 7) is 3.38. The van der Waals surface area contributed by atoms with E-state index < -0.39 is 0 Å². The van der Waals surface area contributed by atoms with Crippen LogP contribution < -0.4 is 0 Å². The minimum absolute atomic E-state index is 0.0179. The molecule has 1 aliphatic rings. The monoisotopic (exact) mass is 324 g/mol. The Hall–Kier alpha value is -2.47. The fraction of sp³-hybridized carbons (Fsp3) is 0.235. The van der Waals surface area contributed by atoms with Crippen molar-refractivity contribution in [2.24, 2.45) is 0 Å². The lowest BCUT2D eigenvalue weighted by Crippen LogP contribution is -2.42. The summed E-state index contributed by atoms with van der Waals surface area (Å²) < 4.78 is 2.20. The fourth-order valence-electron chi connectivity index (χ4n) is 3.10. The number of amides is 1. The molecule has 1 unspecified atom stereocenters. The normalized spacial score (nSPS) is 17.1. The zero-order valence-corrected chi connectivity index (χ0v) is 13.5. The van der Waals surface area contributed by atoms with Crippen LogP contribution in [0.15, 0.2) is 48.2 Å². The Morgan fingerprint density at radius 2 is 2.22 bits per heavy atom. The summed E-state index contributed by atoms with van der Waals surface area (Å²) in [5.74, 6) is -0.0179. The second kappa shape index (κ2) is 5.62. The molecule has 0 bridgehead atoms. The summed E-state index contributed by atoms with van der Waals surface area (Å²) in [4.78, 5) is 23.5. The molecule has 4 heterocycles. The average molecular weight is 324 g/mol. The van der Waals surface area contributed by atoms with Gasteiger partial charge < -0.3 is 9.47 Å². The van der Waals surface area contributed by atoms with Gasteiger partial charge >= 0.3 is 0 Å². The van der Waals surface area contributed by atoms with E-state index in [0.29, 0.717) is 12.2 Å². The predicted octanol–water partition coefficient (Wildman–Crippen LogP) is 2.89. The predicted molar refractivity (Wildman–Crippen MR) is 88.4 cm³/mol. The number of carbonyl (C=O) groups excluding carboxylic acids is 1. The van der Waals surface area contributed by atoms with Crippen LogP contribution in [-0.4, -0.2) is 31.9 Å². The van der Waals surface area contributed by atoms with Crippen LogP contribution in [0.5, 0.6) is 0 Å². The van der Waals surface area contributed by atoms with Gasteiger partial charge in [0.1, 0.15) is 5.69 Å². The highest BCUT2D eigenvalue weighted by Gasteiger charge is 2.33. The molecule has 0 saturated heterocycles. The summed E-state index contributed by atoms with van der Waals surface area (Å²) in [6, 6.07) is 7.91. The second-order valence-corrected chi connectivity index (χ2v) is 6.63. The third kappa shape index (κ3) is 2.45. The molecule has 0 saturated carbocycles. The van der Waals surface area contributed by atoms with Crippen molar-refractivity contribution in [1.82, 2.24) is 19.4 Å². The molecule has 0 spiro atoms. The number of thiazole rings is 1. The van der Waals surface area contributed by atoms with Gasteiger partial charge in [-0.3, -0.25) is 9.78 Å². The van der Waals surface area contributed by atoms with Gasteiger partial charge in [-0.15, -0.1) is 11.3 Å². The molecule has 3 aromatic rings. The Morgan fingerprint density at radius 1 is 1.30 bits per heavy atom. The first kappa shape index (κ1) is 14.1. The third-order valence-electron chi connectivity index (χ3n) is 4.14. The zero-order chi connectivity index (χ0) is 15.8. The van der Waals surface area contributed by atoms with E-state index in [-0.39, 0.29) is 11.9 Å². The SMILES string of the molecule is Cc1nc(C(=O)N2CCn3cccc3C2c2cccnc2)cs1. The highest BCUT2D eigenvalue weighted by atomic mass is 32.1. The Bertz CT molecular complexity index is 839. The van der Waals surface area contributed by atoms with Crippen LogP contribution >= 0.6 is 11.3 Å². The lowest BCUT2D eigenvalue weighted by Gasteiger charge is -2.36. The first-order valence-corrected chi connectivity index (χ1v) is 8.40. The van der Waals surface area contributed by atoms with Gasteiger partial charge in [-0.25, -0.2) is 4.98 Å². The van der Waals surface area contributed by atoms with Crippen molar-refractivity contribution in [3.63, 3.8) is 0 Å². The van der Waals surface area contributed by atoms with Gasteiger partial charge in [0.05, 0.1) is 11.0 Å². The van der Waals surface area contributed by atoms with E-state index in [1.54, 1.807) is 6.20 Å². The van der Waals surface area contributed by atoms with E-state index in [0.717, 1.165) is 22.8 Å². The summed E-state index contributed by atoms with van der Waals surface area (Å²) in [7, 11) is 0. The van der Waals surface area contributed by atoms with Gasteiger partial charge in [-0.2, -0.15) is 0 Å². The van der Waals surface area contributed by atoms with Gasteiger partial charge in [0, 0.05) is 42.8 Å². The fourth-order valence-corrected chi connectivity index (χ4v) is 3.69. The maximum absolute atomic E-state index is 13.0. The molecule has 23 heavy (non-hydrogen) atoms. The van der Waals surface area contributed by atoms with Crippen molar-refractivity contribution in [2.75, 3.05) is 6.54 Å². The Balaban J connectivity index is 1.78. The van der Waals surface area contributed by atoms with Crippen molar-refractivity contribution in [3.05, 3.63) is 70.2 Å². The number of aromatic nitrogens is 3. The quantitative estimate of drug-likeness (QED) is 0.728. The van der Waals surface area contributed by atoms with E-state index in [4.69, 9.17) is 0 Å². The van der Waals surface area contributed by atoms with Crippen molar-refractivity contribution in [2.45, 2.75) is 19.5 Å². The molecule has 3 aromatic heterocycles. The number of hydrogen-bond donors (Lipinski definition) is 0. The number of fused-ring (bicyclic) bond motifs is 1. The average Bonchev–Trinajstić information content (AvgIpc) is 3.22. The van der Waals surface area contributed by atoms with Crippen LogP contribution in [0.4, 0.5) is 0 Å². The lowest BCUT2D eigenvalue weighted by atomic mass is 10.0. The van der Waals surface area contributed by atoms with Gasteiger partial charge in [0.15, 0.2) is 0 Å². The van der Waals surface area contributed by atoms with Gasteiger partial charge in [0.25, 0.3) is 5.91 Å². The second-order valence-electron chi connectivity index (χ2n) is 5.57. The Morgan fingerprint density at radius 3 is 2.96 bits per heavy atom. The minimum atomic E-state index is -0.123. The molecule has 0 fully saturated rings. The lowest BCUT2D eigenvalue weighted by molar-refractivity contribution is 0.0658. The van der Waals surface area contributed by atoms with Crippen molar-refractivity contribution in [3.8, 4) is 0 Å². The highest BCUT2D eigenvalue weighted by molar-refractivity contribution is 7.09. The van der Waals surface area contributed by atoms with Crippen LogP contribution in [0.1, 0.15) is 32.8 Å². The van der Waals surface area contributed by atoms with E-state index in [1.165, 1.54) is 11.3 Å².